The van der Waals surface area contributed by atoms with Crippen LogP contribution in [0.1, 0.15) is 24.3 Å². The average Bonchev–Trinajstić information content (AvgIpc) is 3.43. The van der Waals surface area contributed by atoms with E-state index in [1.165, 1.54) is 4.90 Å². The van der Waals surface area contributed by atoms with Crippen molar-refractivity contribution in [3.8, 4) is 5.75 Å². The number of carbonyl (C=O) groups excluding carboxylic acids is 4. The van der Waals surface area contributed by atoms with Gasteiger partial charge in [0, 0.05) is 28.2 Å². The lowest BCUT2D eigenvalue weighted by atomic mass is 9.56. The number of halogens is 3. The standard InChI is InChI=1S/C37H28BrCl2N3O5/c38-19-42-34(47)36(39)18-28-25(30(37(36,40)35(42)48)27-15-10-20-6-4-5-9-24(20)31(27)44)16-17-26-29(28)33(46)43(32(26)45)23-13-11-22(12-14-23)41-21-7-2-1-3-8-21/h1-16,26,28-30,41,44H,17-19H2/t26-,28+,29-,30+,36+,37-/m0/s1. The van der Waals surface area contributed by atoms with Gasteiger partial charge in [-0.2, -0.15) is 0 Å². The minimum atomic E-state index is -2.00. The smallest absolute Gasteiger partial charge is 0.254 e. The number of imide groups is 2. The monoisotopic (exact) mass is 743 g/mol. The van der Waals surface area contributed by atoms with Crippen molar-refractivity contribution in [2.45, 2.75) is 28.5 Å². The number of alkyl halides is 3. The predicted octanol–water partition coefficient (Wildman–Crippen LogP) is 7.20. The summed E-state index contributed by atoms with van der Waals surface area (Å²) in [6.45, 7) is 0. The maximum Gasteiger partial charge on any atom is 0.254 e. The van der Waals surface area contributed by atoms with E-state index in [4.69, 9.17) is 23.2 Å². The van der Waals surface area contributed by atoms with Gasteiger partial charge in [0.15, 0.2) is 9.75 Å². The van der Waals surface area contributed by atoms with Crippen LogP contribution in [0.3, 0.4) is 0 Å². The molecule has 0 aromatic heterocycles. The fourth-order valence-electron chi connectivity index (χ4n) is 8.24. The van der Waals surface area contributed by atoms with Crippen molar-refractivity contribution in [3.63, 3.8) is 0 Å². The lowest BCUT2D eigenvalue weighted by Crippen LogP contribution is -2.60. The minimum absolute atomic E-state index is 0.0852. The van der Waals surface area contributed by atoms with Gasteiger partial charge in [-0.25, -0.2) is 0 Å². The van der Waals surface area contributed by atoms with Crippen molar-refractivity contribution in [1.82, 2.24) is 4.90 Å². The van der Waals surface area contributed by atoms with Gasteiger partial charge >= 0.3 is 0 Å². The summed E-state index contributed by atoms with van der Waals surface area (Å²) in [6, 6.07) is 27.5. The van der Waals surface area contributed by atoms with Crippen LogP contribution in [-0.2, 0) is 19.2 Å². The number of phenols is 1. The lowest BCUT2D eigenvalue weighted by molar-refractivity contribution is -0.138. The van der Waals surface area contributed by atoms with Gasteiger partial charge in [-0.15, -0.1) is 23.2 Å². The number of carbonyl (C=O) groups is 4. The summed E-state index contributed by atoms with van der Waals surface area (Å²) < 4.78 is 0. The lowest BCUT2D eigenvalue weighted by Gasteiger charge is -2.50. The molecule has 4 aromatic rings. The normalized spacial score (nSPS) is 29.5. The molecule has 242 valence electrons. The molecule has 2 aliphatic heterocycles. The van der Waals surface area contributed by atoms with Gasteiger partial charge in [0.05, 0.1) is 23.0 Å². The first-order valence-electron chi connectivity index (χ1n) is 15.6. The molecule has 48 heavy (non-hydrogen) atoms. The Morgan fingerprint density at radius 3 is 2.23 bits per heavy atom. The van der Waals surface area contributed by atoms with E-state index in [2.05, 4.69) is 21.2 Å². The molecular formula is C37H28BrCl2N3O5. The van der Waals surface area contributed by atoms with E-state index in [-0.39, 0.29) is 30.0 Å². The fourth-order valence-corrected chi connectivity index (χ4v) is 9.66. The van der Waals surface area contributed by atoms with E-state index >= 15 is 0 Å². The highest BCUT2D eigenvalue weighted by Crippen LogP contribution is 2.66. The van der Waals surface area contributed by atoms with Gasteiger partial charge in [-0.05, 0) is 60.5 Å². The number of rotatable bonds is 5. The van der Waals surface area contributed by atoms with Gasteiger partial charge in [-0.1, -0.05) is 82.2 Å². The Bertz CT molecular complexity index is 2070. The zero-order valence-corrected chi connectivity index (χ0v) is 28.4. The molecule has 8 nitrogen and oxygen atoms in total. The summed E-state index contributed by atoms with van der Waals surface area (Å²) in [6.07, 6.45) is 1.96. The molecule has 4 aromatic carbocycles. The Hall–Kier alpha value is -4.18. The number of likely N-dealkylation sites (tertiary alicyclic amines) is 1. The summed E-state index contributed by atoms with van der Waals surface area (Å²) in [5, 5.41) is 16.3. The fraction of sp³-hybridized carbons (Fsp3) is 0.243. The molecule has 0 spiro atoms. The number of anilines is 3. The third kappa shape index (κ3) is 4.20. The highest BCUT2D eigenvalue weighted by Gasteiger charge is 2.76. The van der Waals surface area contributed by atoms with E-state index in [9.17, 15) is 24.3 Å². The quantitative estimate of drug-likeness (QED) is 0.0969. The number of aromatic hydroxyl groups is 1. The summed E-state index contributed by atoms with van der Waals surface area (Å²) >= 11 is 17.9. The largest absolute Gasteiger partial charge is 0.507 e. The highest BCUT2D eigenvalue weighted by atomic mass is 79.9. The number of amides is 4. The Balaban J connectivity index is 1.21. The summed E-state index contributed by atoms with van der Waals surface area (Å²) in [7, 11) is 0. The van der Waals surface area contributed by atoms with Crippen molar-refractivity contribution < 1.29 is 24.3 Å². The number of hydrogen-bond donors (Lipinski definition) is 2. The number of allylic oxidation sites excluding steroid dienone is 2. The Morgan fingerprint density at radius 1 is 0.812 bits per heavy atom. The van der Waals surface area contributed by atoms with Crippen LogP contribution in [0.25, 0.3) is 10.8 Å². The van der Waals surface area contributed by atoms with Crippen molar-refractivity contribution in [1.29, 1.82) is 0 Å². The van der Waals surface area contributed by atoms with Crippen molar-refractivity contribution in [3.05, 3.63) is 108 Å². The first-order chi connectivity index (χ1) is 23.1. The molecule has 4 aliphatic rings. The molecule has 1 saturated carbocycles. The van der Waals surface area contributed by atoms with E-state index in [1.54, 1.807) is 42.5 Å². The molecule has 8 rings (SSSR count). The maximum atomic E-state index is 14.4. The van der Waals surface area contributed by atoms with E-state index < -0.39 is 51.1 Å². The third-order valence-electron chi connectivity index (χ3n) is 10.4. The second-order valence-corrected chi connectivity index (χ2v) is 14.5. The van der Waals surface area contributed by atoms with E-state index in [0.717, 1.165) is 21.7 Å². The number of benzene rings is 4. The van der Waals surface area contributed by atoms with Crippen LogP contribution in [0.5, 0.6) is 5.75 Å². The average molecular weight is 745 g/mol. The molecular weight excluding hydrogens is 717 g/mol. The molecule has 6 atom stereocenters. The van der Waals surface area contributed by atoms with E-state index in [1.807, 2.05) is 54.6 Å². The van der Waals surface area contributed by atoms with Gasteiger partial charge in [0.25, 0.3) is 11.8 Å². The van der Waals surface area contributed by atoms with Crippen LogP contribution in [0.15, 0.2) is 103 Å². The Labute approximate surface area is 294 Å². The van der Waals surface area contributed by atoms with Crippen LogP contribution in [0.2, 0.25) is 0 Å². The van der Waals surface area contributed by atoms with Gasteiger partial charge in [0.2, 0.25) is 11.8 Å². The Morgan fingerprint density at radius 2 is 1.50 bits per heavy atom. The highest BCUT2D eigenvalue weighted by molar-refractivity contribution is 9.09. The predicted molar refractivity (Wildman–Crippen MR) is 188 cm³/mol. The van der Waals surface area contributed by atoms with Crippen LogP contribution in [-0.4, -0.2) is 48.8 Å². The van der Waals surface area contributed by atoms with Gasteiger partial charge < -0.3 is 10.4 Å². The summed E-state index contributed by atoms with van der Waals surface area (Å²) in [4.78, 5) is 54.6. The number of nitrogens with zero attached hydrogens (tertiary/aromatic N) is 2. The number of phenolic OH excluding ortho intramolecular Hbond substituents is 1. The van der Waals surface area contributed by atoms with Crippen molar-refractivity contribution >= 4 is 90.6 Å². The molecule has 2 aliphatic carbocycles. The van der Waals surface area contributed by atoms with Crippen LogP contribution >= 0.6 is 39.1 Å². The van der Waals surface area contributed by atoms with E-state index in [0.29, 0.717) is 22.2 Å². The molecule has 4 amide bonds. The van der Waals surface area contributed by atoms with Crippen molar-refractivity contribution in [2.75, 3.05) is 15.7 Å². The van der Waals surface area contributed by atoms with Gasteiger partial charge in [-0.3, -0.25) is 29.0 Å². The second kappa shape index (κ2) is 11.2. The zero-order chi connectivity index (χ0) is 33.5. The molecule has 0 radical (unpaired) electrons. The molecule has 0 bridgehead atoms. The number of fused-ring (bicyclic) bond motifs is 5. The number of para-hydroxylation sites is 1. The second-order valence-electron chi connectivity index (χ2n) is 12.8. The molecule has 11 heteroatoms. The van der Waals surface area contributed by atoms with Crippen LogP contribution < -0.4 is 10.2 Å². The number of hydrogen-bond acceptors (Lipinski definition) is 6. The summed E-state index contributed by atoms with van der Waals surface area (Å²) in [5.41, 5.74) is 2.95. The SMILES string of the molecule is O=C1[C@H]2[C@H](CC=C3[C@H]2C[C@@]2(Cl)C(=O)N(CBr)C(=O)[C@@]2(Cl)[C@H]3c2ccc3ccccc3c2O)C(=O)N1c1ccc(Nc2ccccc2)cc1. The molecule has 3 fully saturated rings. The van der Waals surface area contributed by atoms with Crippen LogP contribution in [0, 0.1) is 17.8 Å². The van der Waals surface area contributed by atoms with Gasteiger partial charge in [0.1, 0.15) is 5.75 Å². The van der Waals surface area contributed by atoms with Crippen LogP contribution in [0.4, 0.5) is 17.1 Å². The maximum absolute atomic E-state index is 14.4. The Kier molecular flexibility index (Phi) is 7.25. The van der Waals surface area contributed by atoms with Crippen molar-refractivity contribution in [2.24, 2.45) is 17.8 Å². The molecule has 2 heterocycles. The number of nitrogens with one attached hydrogen (secondary N) is 1. The third-order valence-corrected chi connectivity index (χ3v) is 12.4. The first-order valence-corrected chi connectivity index (χ1v) is 17.5. The molecule has 0 unspecified atom stereocenters. The summed E-state index contributed by atoms with van der Waals surface area (Å²) in [5.74, 6) is -5.47. The first kappa shape index (κ1) is 31.1. The topological polar surface area (TPSA) is 107 Å². The molecule has 2 saturated heterocycles. The molecule has 2 N–H and O–H groups in total. The zero-order valence-electron chi connectivity index (χ0n) is 25.3. The minimum Gasteiger partial charge on any atom is -0.507 e.